The first kappa shape index (κ1) is 10.9. The summed E-state index contributed by atoms with van der Waals surface area (Å²) in [6.07, 6.45) is 1.01. The van der Waals surface area contributed by atoms with Gasteiger partial charge in [-0.1, -0.05) is 13.8 Å². The summed E-state index contributed by atoms with van der Waals surface area (Å²) in [4.78, 5) is 22.3. The average molecular weight is 222 g/mol. The predicted molar refractivity (Wildman–Crippen MR) is 56.5 cm³/mol. The van der Waals surface area contributed by atoms with Crippen molar-refractivity contribution in [1.82, 2.24) is 0 Å². The number of carbonyl (C=O) groups is 2. The molecule has 4 nitrogen and oxygen atoms in total. The molecule has 0 fully saturated rings. The predicted octanol–water partition coefficient (Wildman–Crippen LogP) is 2.06. The molecule has 0 spiro atoms. The monoisotopic (exact) mass is 222 g/mol. The highest BCUT2D eigenvalue weighted by atomic mass is 16.4. The Morgan fingerprint density at radius 3 is 2.81 bits per heavy atom. The number of Topliss-reactive ketones (excluding diaryl/α,β-unsaturated/α-hetero) is 1. The molecule has 0 saturated heterocycles. The maximum absolute atomic E-state index is 11.8. The molecule has 0 aliphatic heterocycles. The van der Waals surface area contributed by atoms with Crippen LogP contribution in [0.15, 0.2) is 10.5 Å². The fourth-order valence-corrected chi connectivity index (χ4v) is 2.11. The van der Waals surface area contributed by atoms with Crippen molar-refractivity contribution in [2.24, 2.45) is 5.41 Å². The molecule has 86 valence electrons. The Kier molecular flexibility index (Phi) is 2.37. The number of rotatable bonds is 2. The molecule has 0 unspecified atom stereocenters. The number of hydrogen-bond acceptors (Lipinski definition) is 3. The summed E-state index contributed by atoms with van der Waals surface area (Å²) in [5.74, 6) is 0.102. The van der Waals surface area contributed by atoms with Crippen molar-refractivity contribution >= 4 is 11.8 Å². The summed E-state index contributed by atoms with van der Waals surface area (Å²) in [5, 5.41) is 8.65. The first-order valence-electron chi connectivity index (χ1n) is 5.24. The summed E-state index contributed by atoms with van der Waals surface area (Å²) >= 11 is 0. The van der Waals surface area contributed by atoms with Crippen molar-refractivity contribution in [1.29, 1.82) is 0 Å². The van der Waals surface area contributed by atoms with Crippen molar-refractivity contribution in [3.05, 3.63) is 23.2 Å². The lowest BCUT2D eigenvalue weighted by Crippen LogP contribution is -2.25. The zero-order chi connectivity index (χ0) is 11.9. The number of fused-ring (bicyclic) bond motifs is 1. The van der Waals surface area contributed by atoms with Crippen molar-refractivity contribution in [2.45, 2.75) is 33.1 Å². The van der Waals surface area contributed by atoms with Gasteiger partial charge in [-0.15, -0.1) is 0 Å². The smallest absolute Gasteiger partial charge is 0.311 e. The van der Waals surface area contributed by atoms with Crippen LogP contribution in [-0.2, 0) is 17.6 Å². The molecule has 0 bridgehead atoms. The van der Waals surface area contributed by atoms with Gasteiger partial charge in [0.05, 0.1) is 5.56 Å². The highest BCUT2D eigenvalue weighted by molar-refractivity contribution is 5.98. The molecule has 1 heterocycles. The summed E-state index contributed by atoms with van der Waals surface area (Å²) in [5.41, 5.74) is 0.471. The highest BCUT2D eigenvalue weighted by Crippen LogP contribution is 2.36. The minimum Gasteiger partial charge on any atom is -0.481 e. The van der Waals surface area contributed by atoms with Crippen molar-refractivity contribution in [3.63, 3.8) is 0 Å². The number of ketones is 1. The van der Waals surface area contributed by atoms with E-state index in [0.29, 0.717) is 29.9 Å². The van der Waals surface area contributed by atoms with Gasteiger partial charge < -0.3 is 9.52 Å². The van der Waals surface area contributed by atoms with Crippen LogP contribution in [0.4, 0.5) is 0 Å². The van der Waals surface area contributed by atoms with Crippen LogP contribution in [0.5, 0.6) is 0 Å². The van der Waals surface area contributed by atoms with Crippen LogP contribution in [0.1, 0.15) is 42.1 Å². The van der Waals surface area contributed by atoms with E-state index < -0.39 is 5.97 Å². The molecule has 2 rings (SSSR count). The second-order valence-electron chi connectivity index (χ2n) is 5.06. The van der Waals surface area contributed by atoms with E-state index in [-0.39, 0.29) is 17.6 Å². The maximum atomic E-state index is 11.8. The van der Waals surface area contributed by atoms with Crippen LogP contribution in [0, 0.1) is 5.41 Å². The first-order chi connectivity index (χ1) is 7.37. The molecule has 1 N–H and O–H groups in total. The van der Waals surface area contributed by atoms with Crippen LogP contribution in [-0.4, -0.2) is 16.9 Å². The first-order valence-corrected chi connectivity index (χ1v) is 5.24. The van der Waals surface area contributed by atoms with Gasteiger partial charge in [0.25, 0.3) is 0 Å². The van der Waals surface area contributed by atoms with Crippen molar-refractivity contribution in [2.75, 3.05) is 0 Å². The Morgan fingerprint density at radius 2 is 2.19 bits per heavy atom. The highest BCUT2D eigenvalue weighted by Gasteiger charge is 2.34. The van der Waals surface area contributed by atoms with Crippen LogP contribution in [0.2, 0.25) is 0 Å². The minimum absolute atomic E-state index is 0.0478. The van der Waals surface area contributed by atoms with Crippen molar-refractivity contribution < 1.29 is 19.1 Å². The van der Waals surface area contributed by atoms with Gasteiger partial charge in [0, 0.05) is 12.8 Å². The maximum Gasteiger partial charge on any atom is 0.311 e. The zero-order valence-corrected chi connectivity index (χ0v) is 9.37. The fraction of sp³-hybridized carbons (Fsp3) is 0.500. The molecule has 0 aromatic carbocycles. The summed E-state index contributed by atoms with van der Waals surface area (Å²) < 4.78 is 5.42. The Labute approximate surface area is 93.3 Å². The Bertz CT molecular complexity index is 454. The van der Waals surface area contributed by atoms with Crippen molar-refractivity contribution in [3.8, 4) is 0 Å². The van der Waals surface area contributed by atoms with Gasteiger partial charge in [-0.05, 0) is 11.5 Å². The molecular weight excluding hydrogens is 208 g/mol. The molecule has 1 aliphatic rings. The lowest BCUT2D eigenvalue weighted by atomic mass is 9.77. The third-order valence-electron chi connectivity index (χ3n) is 2.76. The number of furan rings is 1. The van der Waals surface area contributed by atoms with Gasteiger partial charge in [-0.2, -0.15) is 0 Å². The topological polar surface area (TPSA) is 67.5 Å². The summed E-state index contributed by atoms with van der Waals surface area (Å²) in [6.45, 7) is 4.01. The van der Waals surface area contributed by atoms with E-state index >= 15 is 0 Å². The van der Waals surface area contributed by atoms with E-state index in [4.69, 9.17) is 9.52 Å². The van der Waals surface area contributed by atoms with E-state index in [1.54, 1.807) is 6.07 Å². The van der Waals surface area contributed by atoms with Crippen LogP contribution < -0.4 is 0 Å². The van der Waals surface area contributed by atoms with Crippen LogP contribution in [0.25, 0.3) is 0 Å². The zero-order valence-electron chi connectivity index (χ0n) is 9.37. The van der Waals surface area contributed by atoms with Gasteiger partial charge >= 0.3 is 5.97 Å². The summed E-state index contributed by atoms with van der Waals surface area (Å²) in [7, 11) is 0. The Hall–Kier alpha value is -1.58. The van der Waals surface area contributed by atoms with Gasteiger partial charge in [0.15, 0.2) is 5.78 Å². The van der Waals surface area contributed by atoms with Crippen LogP contribution >= 0.6 is 0 Å². The average Bonchev–Trinajstić information content (AvgIpc) is 2.43. The Balaban J connectivity index is 2.34. The third-order valence-corrected chi connectivity index (χ3v) is 2.76. The second kappa shape index (κ2) is 3.47. The third kappa shape index (κ3) is 2.01. The van der Waals surface area contributed by atoms with Gasteiger partial charge in [0.2, 0.25) is 0 Å². The van der Waals surface area contributed by atoms with Gasteiger partial charge in [-0.25, -0.2) is 0 Å². The van der Waals surface area contributed by atoms with Gasteiger partial charge in [0.1, 0.15) is 17.9 Å². The molecule has 0 amide bonds. The Morgan fingerprint density at radius 1 is 1.50 bits per heavy atom. The minimum atomic E-state index is -0.946. The van der Waals surface area contributed by atoms with E-state index in [0.717, 1.165) is 0 Å². The van der Waals surface area contributed by atoms with E-state index in [1.807, 2.05) is 13.8 Å². The summed E-state index contributed by atoms with van der Waals surface area (Å²) in [6, 6.07) is 1.57. The molecule has 1 aromatic rings. The normalized spacial score (nSPS) is 18.2. The lowest BCUT2D eigenvalue weighted by Gasteiger charge is -2.26. The molecule has 4 heteroatoms. The number of hydrogen-bond donors (Lipinski definition) is 1. The second-order valence-corrected chi connectivity index (χ2v) is 5.06. The molecule has 1 aromatic heterocycles. The molecule has 1 aliphatic carbocycles. The standard InChI is InChI=1S/C12H14O4/c1-12(2)5-9(13)8-3-7(4-11(14)15)16-10(8)6-12/h3H,4-6H2,1-2H3,(H,14,15). The molecular formula is C12H14O4. The molecule has 16 heavy (non-hydrogen) atoms. The van der Waals surface area contributed by atoms with E-state index in [1.165, 1.54) is 0 Å². The largest absolute Gasteiger partial charge is 0.481 e. The quantitative estimate of drug-likeness (QED) is 0.831. The molecule has 0 radical (unpaired) electrons. The van der Waals surface area contributed by atoms with Gasteiger partial charge in [-0.3, -0.25) is 9.59 Å². The number of carboxylic acid groups (broad SMARTS) is 1. The number of carboxylic acids is 1. The fourth-order valence-electron chi connectivity index (χ4n) is 2.11. The van der Waals surface area contributed by atoms with E-state index in [9.17, 15) is 9.59 Å². The van der Waals surface area contributed by atoms with E-state index in [2.05, 4.69) is 0 Å². The number of aliphatic carboxylic acids is 1. The molecule has 0 saturated carbocycles. The number of carbonyl (C=O) groups excluding carboxylic acids is 1. The lowest BCUT2D eigenvalue weighted by molar-refractivity contribution is -0.136. The molecule has 0 atom stereocenters. The van der Waals surface area contributed by atoms with Crippen LogP contribution in [0.3, 0.4) is 0 Å². The SMILES string of the molecule is CC1(C)CC(=O)c2cc(CC(=O)O)oc2C1.